The third-order valence-electron chi connectivity index (χ3n) is 5.34. The van der Waals surface area contributed by atoms with E-state index in [0.29, 0.717) is 12.2 Å². The van der Waals surface area contributed by atoms with E-state index < -0.39 is 0 Å². The Labute approximate surface area is 175 Å². The SMILES string of the molecule is CSc1nc(C(=O)NCCCN2CCN(c3ccccc3)CC2)c2ccccn12. The molecule has 0 radical (unpaired) electrons. The van der Waals surface area contributed by atoms with Crippen LogP contribution in [0.15, 0.2) is 59.9 Å². The van der Waals surface area contributed by atoms with Gasteiger partial charge in [0.25, 0.3) is 5.91 Å². The summed E-state index contributed by atoms with van der Waals surface area (Å²) in [5.41, 5.74) is 2.66. The standard InChI is InChI=1S/C22H27N5OS/c1-29-22-24-20(19-10-5-6-13-27(19)22)21(28)23-11-7-12-25-14-16-26(17-15-25)18-8-3-2-4-9-18/h2-6,8-10,13H,7,11-12,14-17H2,1H3,(H,23,28). The van der Waals surface area contributed by atoms with Crippen LogP contribution in [0.2, 0.25) is 0 Å². The van der Waals surface area contributed by atoms with Gasteiger partial charge in [0.05, 0.1) is 5.52 Å². The van der Waals surface area contributed by atoms with Crippen LogP contribution in [-0.4, -0.2) is 65.7 Å². The molecule has 1 amide bonds. The third kappa shape index (κ3) is 4.57. The van der Waals surface area contributed by atoms with Crippen molar-refractivity contribution >= 4 is 28.9 Å². The molecule has 3 heterocycles. The zero-order chi connectivity index (χ0) is 20.1. The maximum atomic E-state index is 12.6. The summed E-state index contributed by atoms with van der Waals surface area (Å²) in [7, 11) is 0. The number of nitrogens with one attached hydrogen (secondary N) is 1. The Morgan fingerprint density at radius 1 is 1.07 bits per heavy atom. The molecule has 0 bridgehead atoms. The maximum absolute atomic E-state index is 12.6. The number of amides is 1. The lowest BCUT2D eigenvalue weighted by Crippen LogP contribution is -2.47. The number of hydrogen-bond acceptors (Lipinski definition) is 5. The lowest BCUT2D eigenvalue weighted by molar-refractivity contribution is 0.0948. The van der Waals surface area contributed by atoms with Crippen LogP contribution in [0.4, 0.5) is 5.69 Å². The Hall–Kier alpha value is -2.51. The number of fused-ring (bicyclic) bond motifs is 1. The Morgan fingerprint density at radius 3 is 2.59 bits per heavy atom. The molecule has 1 saturated heterocycles. The summed E-state index contributed by atoms with van der Waals surface area (Å²) in [6, 6.07) is 16.4. The number of aromatic nitrogens is 2. The predicted octanol–water partition coefficient (Wildman–Crippen LogP) is 3.00. The fourth-order valence-electron chi connectivity index (χ4n) is 3.78. The number of anilines is 1. The molecule has 0 unspecified atom stereocenters. The molecule has 1 N–H and O–H groups in total. The summed E-state index contributed by atoms with van der Waals surface area (Å²) in [6.07, 6.45) is 4.86. The number of nitrogens with zero attached hydrogens (tertiary/aromatic N) is 4. The van der Waals surface area contributed by atoms with E-state index in [-0.39, 0.29) is 5.91 Å². The molecule has 1 aliphatic heterocycles. The van der Waals surface area contributed by atoms with Crippen molar-refractivity contribution in [2.75, 3.05) is 50.4 Å². The highest BCUT2D eigenvalue weighted by Crippen LogP contribution is 2.20. The lowest BCUT2D eigenvalue weighted by Gasteiger charge is -2.36. The van der Waals surface area contributed by atoms with E-state index in [1.165, 1.54) is 5.69 Å². The number of hydrogen-bond donors (Lipinski definition) is 1. The van der Waals surface area contributed by atoms with Crippen molar-refractivity contribution in [1.82, 2.24) is 19.6 Å². The fraction of sp³-hybridized carbons (Fsp3) is 0.364. The highest BCUT2D eigenvalue weighted by atomic mass is 32.2. The van der Waals surface area contributed by atoms with Crippen LogP contribution < -0.4 is 10.2 Å². The average Bonchev–Trinajstić information content (AvgIpc) is 3.17. The van der Waals surface area contributed by atoms with Gasteiger partial charge in [-0.1, -0.05) is 36.0 Å². The minimum absolute atomic E-state index is 0.0945. The molecule has 1 fully saturated rings. The third-order valence-corrected chi connectivity index (χ3v) is 6.00. The van der Waals surface area contributed by atoms with E-state index in [9.17, 15) is 4.79 Å². The minimum atomic E-state index is -0.0945. The van der Waals surface area contributed by atoms with Crippen molar-refractivity contribution < 1.29 is 4.79 Å². The first-order valence-electron chi connectivity index (χ1n) is 10.1. The summed E-state index contributed by atoms with van der Waals surface area (Å²) in [5.74, 6) is -0.0945. The molecule has 0 aliphatic carbocycles. The van der Waals surface area contributed by atoms with Crippen LogP contribution in [0.1, 0.15) is 16.9 Å². The maximum Gasteiger partial charge on any atom is 0.272 e. The molecule has 1 aliphatic rings. The second-order valence-electron chi connectivity index (χ2n) is 7.18. The molecule has 0 saturated carbocycles. The summed E-state index contributed by atoms with van der Waals surface area (Å²) >= 11 is 1.54. The molecule has 7 heteroatoms. The molecule has 4 rings (SSSR count). The summed E-state index contributed by atoms with van der Waals surface area (Å²) < 4.78 is 1.96. The number of imidazole rings is 1. The van der Waals surface area contributed by atoms with Crippen LogP contribution in [-0.2, 0) is 0 Å². The first-order valence-corrected chi connectivity index (χ1v) is 11.3. The summed E-state index contributed by atoms with van der Waals surface area (Å²) in [5, 5.41) is 3.88. The van der Waals surface area contributed by atoms with Gasteiger partial charge in [-0.2, -0.15) is 0 Å². The quantitative estimate of drug-likeness (QED) is 0.480. The summed E-state index contributed by atoms with van der Waals surface area (Å²) in [6.45, 7) is 5.89. The van der Waals surface area contributed by atoms with Gasteiger partial charge in [-0.15, -0.1) is 0 Å². The molecule has 6 nitrogen and oxygen atoms in total. The Balaban J connectivity index is 1.23. The first-order chi connectivity index (χ1) is 14.3. The molecule has 152 valence electrons. The van der Waals surface area contributed by atoms with Crippen LogP contribution in [0.5, 0.6) is 0 Å². The number of piperazine rings is 1. The molecular weight excluding hydrogens is 382 g/mol. The predicted molar refractivity (Wildman–Crippen MR) is 119 cm³/mol. The fourth-order valence-corrected chi connectivity index (χ4v) is 4.32. The van der Waals surface area contributed by atoms with Gasteiger partial charge >= 0.3 is 0 Å². The van der Waals surface area contributed by atoms with E-state index in [2.05, 4.69) is 50.4 Å². The van der Waals surface area contributed by atoms with Crippen LogP contribution in [0.25, 0.3) is 5.52 Å². The smallest absolute Gasteiger partial charge is 0.272 e. The van der Waals surface area contributed by atoms with E-state index in [0.717, 1.165) is 49.8 Å². The van der Waals surface area contributed by atoms with Gasteiger partial charge in [-0.05, 0) is 43.5 Å². The van der Waals surface area contributed by atoms with Crippen molar-refractivity contribution in [3.63, 3.8) is 0 Å². The van der Waals surface area contributed by atoms with Crippen LogP contribution in [0.3, 0.4) is 0 Å². The van der Waals surface area contributed by atoms with E-state index in [1.807, 2.05) is 35.1 Å². The zero-order valence-corrected chi connectivity index (χ0v) is 17.6. The highest BCUT2D eigenvalue weighted by molar-refractivity contribution is 7.98. The van der Waals surface area contributed by atoms with Gasteiger partial charge in [-0.3, -0.25) is 14.1 Å². The Bertz CT molecular complexity index is 950. The lowest BCUT2D eigenvalue weighted by atomic mass is 10.2. The van der Waals surface area contributed by atoms with Crippen LogP contribution >= 0.6 is 11.8 Å². The van der Waals surface area contributed by atoms with Gasteiger partial charge in [0.1, 0.15) is 0 Å². The molecular formula is C22H27N5OS. The van der Waals surface area contributed by atoms with E-state index >= 15 is 0 Å². The normalized spacial score (nSPS) is 15.0. The van der Waals surface area contributed by atoms with Gasteiger partial charge in [0, 0.05) is 44.6 Å². The topological polar surface area (TPSA) is 52.9 Å². The largest absolute Gasteiger partial charge is 0.369 e. The van der Waals surface area contributed by atoms with Gasteiger partial charge in [-0.25, -0.2) is 4.98 Å². The number of carbonyl (C=O) groups excluding carboxylic acids is 1. The second kappa shape index (κ2) is 9.33. The van der Waals surface area contributed by atoms with Gasteiger partial charge in [0.2, 0.25) is 0 Å². The number of thioether (sulfide) groups is 1. The van der Waals surface area contributed by atoms with Crippen molar-refractivity contribution in [2.45, 2.75) is 11.6 Å². The van der Waals surface area contributed by atoms with E-state index in [4.69, 9.17) is 0 Å². The molecule has 0 atom stereocenters. The van der Waals surface area contributed by atoms with E-state index in [1.54, 1.807) is 11.8 Å². The van der Waals surface area contributed by atoms with Crippen molar-refractivity contribution in [2.24, 2.45) is 0 Å². The average molecular weight is 410 g/mol. The van der Waals surface area contributed by atoms with Gasteiger partial charge in [0.15, 0.2) is 10.9 Å². The number of carbonyl (C=O) groups is 1. The summed E-state index contributed by atoms with van der Waals surface area (Å²) in [4.78, 5) is 22.0. The molecule has 1 aromatic carbocycles. The Kier molecular flexibility index (Phi) is 6.36. The number of rotatable bonds is 7. The minimum Gasteiger partial charge on any atom is -0.369 e. The van der Waals surface area contributed by atoms with Crippen molar-refractivity contribution in [1.29, 1.82) is 0 Å². The molecule has 2 aromatic heterocycles. The number of pyridine rings is 1. The van der Waals surface area contributed by atoms with Crippen LogP contribution in [0, 0.1) is 0 Å². The molecule has 0 spiro atoms. The van der Waals surface area contributed by atoms with Crippen molar-refractivity contribution in [3.8, 4) is 0 Å². The Morgan fingerprint density at radius 2 is 1.83 bits per heavy atom. The number of para-hydroxylation sites is 1. The zero-order valence-electron chi connectivity index (χ0n) is 16.8. The highest BCUT2D eigenvalue weighted by Gasteiger charge is 2.18. The first kappa shape index (κ1) is 19.8. The van der Waals surface area contributed by atoms with Crippen molar-refractivity contribution in [3.05, 3.63) is 60.4 Å². The second-order valence-corrected chi connectivity index (χ2v) is 7.95. The number of benzene rings is 1. The molecule has 29 heavy (non-hydrogen) atoms. The molecule has 3 aromatic rings. The monoisotopic (exact) mass is 409 g/mol. The van der Waals surface area contributed by atoms with Gasteiger partial charge < -0.3 is 10.2 Å².